The highest BCUT2D eigenvalue weighted by molar-refractivity contribution is 5.61. The van der Waals surface area contributed by atoms with Gasteiger partial charge in [-0.3, -0.25) is 0 Å². The summed E-state index contributed by atoms with van der Waals surface area (Å²) in [7, 11) is 0. The lowest BCUT2D eigenvalue weighted by molar-refractivity contribution is 0.303. The lowest BCUT2D eigenvalue weighted by Crippen LogP contribution is -2.02. The molecule has 4 heteroatoms. The van der Waals surface area contributed by atoms with Crippen LogP contribution >= 0.6 is 0 Å². The second kappa shape index (κ2) is 4.91. The van der Waals surface area contributed by atoms with Gasteiger partial charge in [-0.1, -0.05) is 0 Å². The molecule has 0 saturated carbocycles. The predicted molar refractivity (Wildman–Crippen MR) is 66.2 cm³/mol. The molecule has 2 rings (SSSR count). The molecule has 1 N–H and O–H groups in total. The molecule has 0 aliphatic heterocycles. The van der Waals surface area contributed by atoms with Crippen LogP contribution in [0, 0.1) is 0 Å². The maximum Gasteiger partial charge on any atom is 0.212 e. The van der Waals surface area contributed by atoms with E-state index in [0.29, 0.717) is 6.61 Å². The Hall–Kier alpha value is -1.97. The van der Waals surface area contributed by atoms with Crippen molar-refractivity contribution in [1.29, 1.82) is 0 Å². The molecular formula is C13H16N2O2. The SMILES string of the molecule is CCOc1cc(-c2ccc(O)cc2)nn1CC. The van der Waals surface area contributed by atoms with Crippen LogP contribution in [-0.2, 0) is 6.54 Å². The molecular weight excluding hydrogens is 216 g/mol. The van der Waals surface area contributed by atoms with Gasteiger partial charge in [0, 0.05) is 18.2 Å². The number of hydrogen-bond acceptors (Lipinski definition) is 3. The number of phenolic OH excluding ortho intramolecular Hbond substituents is 1. The van der Waals surface area contributed by atoms with E-state index >= 15 is 0 Å². The smallest absolute Gasteiger partial charge is 0.212 e. The van der Waals surface area contributed by atoms with E-state index in [4.69, 9.17) is 4.74 Å². The van der Waals surface area contributed by atoms with Crippen LogP contribution in [-0.4, -0.2) is 21.5 Å². The molecule has 17 heavy (non-hydrogen) atoms. The minimum atomic E-state index is 0.258. The zero-order valence-electron chi connectivity index (χ0n) is 10.1. The van der Waals surface area contributed by atoms with Crippen molar-refractivity contribution >= 4 is 0 Å². The topological polar surface area (TPSA) is 47.3 Å². The van der Waals surface area contributed by atoms with Crippen LogP contribution in [0.15, 0.2) is 30.3 Å². The fourth-order valence-electron chi connectivity index (χ4n) is 1.66. The molecule has 4 nitrogen and oxygen atoms in total. The number of aromatic nitrogens is 2. The quantitative estimate of drug-likeness (QED) is 0.881. The van der Waals surface area contributed by atoms with Gasteiger partial charge in [0.2, 0.25) is 5.88 Å². The van der Waals surface area contributed by atoms with E-state index in [2.05, 4.69) is 5.10 Å². The Kier molecular flexibility index (Phi) is 3.32. The van der Waals surface area contributed by atoms with Gasteiger partial charge in [0.25, 0.3) is 0 Å². The molecule has 0 amide bonds. The van der Waals surface area contributed by atoms with E-state index < -0.39 is 0 Å². The Labute approximate surface area is 100 Å². The van der Waals surface area contributed by atoms with Crippen molar-refractivity contribution in [2.24, 2.45) is 0 Å². The number of rotatable bonds is 4. The van der Waals surface area contributed by atoms with E-state index in [-0.39, 0.29) is 5.75 Å². The molecule has 0 fully saturated rings. The fourth-order valence-corrected chi connectivity index (χ4v) is 1.66. The number of ether oxygens (including phenoxy) is 1. The molecule has 0 spiro atoms. The summed E-state index contributed by atoms with van der Waals surface area (Å²) >= 11 is 0. The van der Waals surface area contributed by atoms with Crippen molar-refractivity contribution in [3.05, 3.63) is 30.3 Å². The largest absolute Gasteiger partial charge is 0.508 e. The first-order valence-electron chi connectivity index (χ1n) is 5.74. The molecule has 90 valence electrons. The zero-order valence-corrected chi connectivity index (χ0v) is 10.1. The van der Waals surface area contributed by atoms with E-state index in [1.165, 1.54) is 0 Å². The van der Waals surface area contributed by atoms with Crippen LogP contribution in [0.1, 0.15) is 13.8 Å². The number of aromatic hydroxyl groups is 1. The van der Waals surface area contributed by atoms with E-state index in [1.807, 2.05) is 36.7 Å². The minimum absolute atomic E-state index is 0.258. The lowest BCUT2D eigenvalue weighted by atomic mass is 10.1. The second-order valence-corrected chi connectivity index (χ2v) is 3.66. The van der Waals surface area contributed by atoms with Gasteiger partial charge in [-0.2, -0.15) is 5.10 Å². The molecule has 0 aliphatic rings. The number of benzene rings is 1. The Morgan fingerprint density at radius 1 is 1.24 bits per heavy atom. The number of nitrogens with zero attached hydrogens (tertiary/aromatic N) is 2. The predicted octanol–water partition coefficient (Wildman–Crippen LogP) is 2.67. The average Bonchev–Trinajstić information content (AvgIpc) is 2.74. The highest BCUT2D eigenvalue weighted by Crippen LogP contribution is 2.24. The van der Waals surface area contributed by atoms with Gasteiger partial charge in [-0.05, 0) is 38.1 Å². The van der Waals surface area contributed by atoms with Crippen LogP contribution in [0.3, 0.4) is 0 Å². The van der Waals surface area contributed by atoms with Crippen LogP contribution in [0.25, 0.3) is 11.3 Å². The van der Waals surface area contributed by atoms with Gasteiger partial charge in [-0.25, -0.2) is 4.68 Å². The van der Waals surface area contributed by atoms with Crippen molar-refractivity contribution < 1.29 is 9.84 Å². The second-order valence-electron chi connectivity index (χ2n) is 3.66. The van der Waals surface area contributed by atoms with E-state index in [9.17, 15) is 5.11 Å². The first kappa shape index (κ1) is 11.5. The van der Waals surface area contributed by atoms with Gasteiger partial charge >= 0.3 is 0 Å². The van der Waals surface area contributed by atoms with Gasteiger partial charge in [0.05, 0.1) is 12.3 Å². The van der Waals surface area contributed by atoms with Crippen LogP contribution in [0.5, 0.6) is 11.6 Å². The molecule has 0 saturated heterocycles. The molecule has 0 aliphatic carbocycles. The summed E-state index contributed by atoms with van der Waals surface area (Å²) in [5.41, 5.74) is 1.83. The summed E-state index contributed by atoms with van der Waals surface area (Å²) in [5.74, 6) is 1.03. The lowest BCUT2D eigenvalue weighted by Gasteiger charge is -2.03. The first-order valence-corrected chi connectivity index (χ1v) is 5.74. The highest BCUT2D eigenvalue weighted by atomic mass is 16.5. The van der Waals surface area contributed by atoms with Crippen molar-refractivity contribution in [2.75, 3.05) is 6.61 Å². The van der Waals surface area contributed by atoms with Gasteiger partial charge < -0.3 is 9.84 Å². The molecule has 1 aromatic carbocycles. The fraction of sp³-hybridized carbons (Fsp3) is 0.308. The third-order valence-electron chi connectivity index (χ3n) is 2.50. The Bertz CT molecular complexity index is 489. The number of hydrogen-bond donors (Lipinski definition) is 1. The Morgan fingerprint density at radius 3 is 2.53 bits per heavy atom. The van der Waals surface area contributed by atoms with Gasteiger partial charge in [-0.15, -0.1) is 0 Å². The number of phenols is 1. The molecule has 0 bridgehead atoms. The summed E-state index contributed by atoms with van der Waals surface area (Å²) in [6, 6.07) is 8.90. The van der Waals surface area contributed by atoms with Crippen LogP contribution < -0.4 is 4.74 Å². The van der Waals surface area contributed by atoms with Gasteiger partial charge in [0.15, 0.2) is 0 Å². The third-order valence-corrected chi connectivity index (χ3v) is 2.50. The Morgan fingerprint density at radius 2 is 1.94 bits per heavy atom. The maximum atomic E-state index is 9.24. The monoisotopic (exact) mass is 232 g/mol. The highest BCUT2D eigenvalue weighted by Gasteiger charge is 2.09. The zero-order chi connectivity index (χ0) is 12.3. The minimum Gasteiger partial charge on any atom is -0.508 e. The molecule has 0 unspecified atom stereocenters. The maximum absolute atomic E-state index is 9.24. The van der Waals surface area contributed by atoms with E-state index in [1.54, 1.807) is 12.1 Å². The van der Waals surface area contributed by atoms with E-state index in [0.717, 1.165) is 23.7 Å². The molecule has 1 aromatic heterocycles. The molecule has 2 aromatic rings. The Balaban J connectivity index is 2.35. The normalized spacial score (nSPS) is 10.5. The van der Waals surface area contributed by atoms with Crippen LogP contribution in [0.4, 0.5) is 0 Å². The van der Waals surface area contributed by atoms with Gasteiger partial charge in [0.1, 0.15) is 5.75 Å². The summed E-state index contributed by atoms with van der Waals surface area (Å²) < 4.78 is 7.33. The van der Waals surface area contributed by atoms with Crippen LogP contribution in [0.2, 0.25) is 0 Å². The molecule has 0 radical (unpaired) electrons. The van der Waals surface area contributed by atoms with Crippen molar-refractivity contribution in [3.63, 3.8) is 0 Å². The first-order chi connectivity index (χ1) is 8.24. The summed E-state index contributed by atoms with van der Waals surface area (Å²) in [5, 5.41) is 13.7. The third kappa shape index (κ3) is 2.41. The average molecular weight is 232 g/mol. The summed E-state index contributed by atoms with van der Waals surface area (Å²) in [6.07, 6.45) is 0. The van der Waals surface area contributed by atoms with Crippen molar-refractivity contribution in [1.82, 2.24) is 9.78 Å². The van der Waals surface area contributed by atoms with Crippen molar-refractivity contribution in [2.45, 2.75) is 20.4 Å². The standard InChI is InChI=1S/C13H16N2O2/c1-3-15-13(17-4-2)9-12(14-15)10-5-7-11(16)8-6-10/h5-9,16H,3-4H2,1-2H3. The molecule has 0 atom stereocenters. The summed E-state index contributed by atoms with van der Waals surface area (Å²) in [6.45, 7) is 5.37. The molecule has 1 heterocycles. The summed E-state index contributed by atoms with van der Waals surface area (Å²) in [4.78, 5) is 0. The van der Waals surface area contributed by atoms with Crippen molar-refractivity contribution in [3.8, 4) is 22.9 Å². The number of aryl methyl sites for hydroxylation is 1.